The van der Waals surface area contributed by atoms with Gasteiger partial charge in [-0.15, -0.1) is 0 Å². The number of carbonyl (C=O) groups excluding carboxylic acids is 2. The Labute approximate surface area is 153 Å². The molecule has 2 aromatic rings. The van der Waals surface area contributed by atoms with Crippen LogP contribution in [0.15, 0.2) is 54.6 Å². The first-order valence-corrected chi connectivity index (χ1v) is 8.80. The van der Waals surface area contributed by atoms with Gasteiger partial charge in [-0.2, -0.15) is 0 Å². The molecular formula is C20H23N3O3. The second kappa shape index (κ2) is 8.38. The average Bonchev–Trinajstić information content (AvgIpc) is 2.66. The molecule has 2 N–H and O–H groups in total. The van der Waals surface area contributed by atoms with Gasteiger partial charge in [0.2, 0.25) is 5.91 Å². The van der Waals surface area contributed by atoms with E-state index in [0.29, 0.717) is 18.8 Å². The highest BCUT2D eigenvalue weighted by molar-refractivity contribution is 5.94. The summed E-state index contributed by atoms with van der Waals surface area (Å²) in [5.41, 5.74) is 1.56. The summed E-state index contributed by atoms with van der Waals surface area (Å²) in [7, 11) is 0. The zero-order valence-electron chi connectivity index (χ0n) is 14.8. The number of rotatable bonds is 6. The number of nitrogens with one attached hydrogen (secondary N) is 2. The summed E-state index contributed by atoms with van der Waals surface area (Å²) >= 11 is 0. The van der Waals surface area contributed by atoms with Crippen molar-refractivity contribution in [1.82, 2.24) is 5.32 Å². The zero-order valence-corrected chi connectivity index (χ0v) is 14.8. The molecule has 136 valence electrons. The topological polar surface area (TPSA) is 70.7 Å². The van der Waals surface area contributed by atoms with Crippen LogP contribution in [-0.4, -0.2) is 37.6 Å². The molecule has 1 atom stereocenters. The molecule has 0 spiro atoms. The Kier molecular flexibility index (Phi) is 5.73. The molecule has 1 aliphatic rings. The lowest BCUT2D eigenvalue weighted by Gasteiger charge is -2.35. The van der Waals surface area contributed by atoms with Crippen LogP contribution in [0.4, 0.5) is 11.4 Å². The van der Waals surface area contributed by atoms with Crippen molar-refractivity contribution in [3.63, 3.8) is 0 Å². The molecule has 2 amide bonds. The van der Waals surface area contributed by atoms with E-state index in [4.69, 9.17) is 4.74 Å². The molecule has 3 rings (SSSR count). The third-order valence-corrected chi connectivity index (χ3v) is 4.10. The van der Waals surface area contributed by atoms with E-state index < -0.39 is 6.10 Å². The number of hydrogen-bond acceptors (Lipinski definition) is 4. The van der Waals surface area contributed by atoms with E-state index >= 15 is 0 Å². The summed E-state index contributed by atoms with van der Waals surface area (Å²) in [6, 6.07) is 16.8. The van der Waals surface area contributed by atoms with Crippen molar-refractivity contribution in [2.24, 2.45) is 0 Å². The van der Waals surface area contributed by atoms with E-state index in [1.807, 2.05) is 66.4 Å². The molecule has 6 heteroatoms. The molecule has 0 saturated carbocycles. The summed E-state index contributed by atoms with van der Waals surface area (Å²) in [6.07, 6.45) is 0.221. The smallest absolute Gasteiger partial charge is 0.262 e. The van der Waals surface area contributed by atoms with Gasteiger partial charge in [-0.25, -0.2) is 0 Å². The molecule has 1 aliphatic heterocycles. The van der Waals surface area contributed by atoms with Gasteiger partial charge in [-0.3, -0.25) is 9.59 Å². The van der Waals surface area contributed by atoms with Crippen molar-refractivity contribution in [2.75, 3.05) is 29.9 Å². The maximum atomic E-state index is 12.4. The van der Waals surface area contributed by atoms with Crippen LogP contribution in [0.25, 0.3) is 0 Å². The number of nitrogens with zero attached hydrogens (tertiary/aromatic N) is 1. The lowest BCUT2D eigenvalue weighted by Crippen LogP contribution is -2.50. The van der Waals surface area contributed by atoms with Gasteiger partial charge in [0.1, 0.15) is 5.75 Å². The fourth-order valence-corrected chi connectivity index (χ4v) is 2.85. The summed E-state index contributed by atoms with van der Waals surface area (Å²) < 4.78 is 5.84. The quantitative estimate of drug-likeness (QED) is 0.837. The molecule has 0 saturated heterocycles. The molecule has 2 aromatic carbocycles. The standard InChI is InChI=1S/C20H23N3O3/c1-2-12-21-20(25)18-13-23(16-10-6-7-11-17(16)26-18)14-19(24)22-15-8-4-3-5-9-15/h3-11,18H,2,12-14H2,1H3,(H,21,25)(H,22,24). The number of para-hydroxylation sites is 3. The number of amides is 2. The van der Waals surface area contributed by atoms with Crippen LogP contribution in [0.3, 0.4) is 0 Å². The highest BCUT2D eigenvalue weighted by atomic mass is 16.5. The lowest BCUT2D eigenvalue weighted by atomic mass is 10.1. The van der Waals surface area contributed by atoms with E-state index in [9.17, 15) is 9.59 Å². The Balaban J connectivity index is 1.72. The van der Waals surface area contributed by atoms with Crippen LogP contribution in [0.1, 0.15) is 13.3 Å². The largest absolute Gasteiger partial charge is 0.477 e. The second-order valence-electron chi connectivity index (χ2n) is 6.16. The average molecular weight is 353 g/mol. The van der Waals surface area contributed by atoms with E-state index in [1.54, 1.807) is 0 Å². The minimum Gasteiger partial charge on any atom is -0.477 e. The Morgan fingerprint density at radius 1 is 1.12 bits per heavy atom. The molecule has 0 aliphatic carbocycles. The number of carbonyl (C=O) groups is 2. The number of fused-ring (bicyclic) bond motifs is 1. The van der Waals surface area contributed by atoms with Gasteiger partial charge in [0, 0.05) is 12.2 Å². The molecule has 0 aromatic heterocycles. The monoisotopic (exact) mass is 353 g/mol. The molecule has 0 bridgehead atoms. The lowest BCUT2D eigenvalue weighted by molar-refractivity contribution is -0.128. The highest BCUT2D eigenvalue weighted by Crippen LogP contribution is 2.32. The van der Waals surface area contributed by atoms with Crippen LogP contribution in [-0.2, 0) is 9.59 Å². The number of benzene rings is 2. The summed E-state index contributed by atoms with van der Waals surface area (Å²) in [6.45, 7) is 3.08. The molecule has 26 heavy (non-hydrogen) atoms. The van der Waals surface area contributed by atoms with E-state index in [1.165, 1.54) is 0 Å². The SMILES string of the molecule is CCCNC(=O)C1CN(CC(=O)Nc2ccccc2)c2ccccc2O1. The molecule has 1 heterocycles. The van der Waals surface area contributed by atoms with Crippen molar-refractivity contribution in [3.05, 3.63) is 54.6 Å². The third-order valence-electron chi connectivity index (χ3n) is 4.10. The molecule has 0 fully saturated rings. The highest BCUT2D eigenvalue weighted by Gasteiger charge is 2.31. The van der Waals surface area contributed by atoms with E-state index in [0.717, 1.165) is 17.8 Å². The van der Waals surface area contributed by atoms with Crippen LogP contribution in [0.5, 0.6) is 5.75 Å². The Bertz CT molecular complexity index is 764. The first-order valence-electron chi connectivity index (χ1n) is 8.80. The minimum absolute atomic E-state index is 0.138. The van der Waals surface area contributed by atoms with Crippen LogP contribution < -0.4 is 20.3 Å². The predicted molar refractivity (Wildman–Crippen MR) is 101 cm³/mol. The third kappa shape index (κ3) is 4.33. The summed E-state index contributed by atoms with van der Waals surface area (Å²) in [4.78, 5) is 26.7. The fraction of sp³-hybridized carbons (Fsp3) is 0.300. The van der Waals surface area contributed by atoms with Crippen molar-refractivity contribution >= 4 is 23.2 Å². The molecule has 1 unspecified atom stereocenters. The summed E-state index contributed by atoms with van der Waals surface area (Å²) in [5.74, 6) is 0.318. The van der Waals surface area contributed by atoms with E-state index in [-0.39, 0.29) is 18.4 Å². The first-order chi connectivity index (χ1) is 12.7. The van der Waals surface area contributed by atoms with Gasteiger partial charge in [0.25, 0.3) is 5.91 Å². The predicted octanol–water partition coefficient (Wildman–Crippen LogP) is 2.42. The van der Waals surface area contributed by atoms with Crippen molar-refractivity contribution in [3.8, 4) is 5.75 Å². The summed E-state index contributed by atoms with van der Waals surface area (Å²) in [5, 5.41) is 5.73. The first kappa shape index (κ1) is 17.8. The molecular weight excluding hydrogens is 330 g/mol. The Morgan fingerprint density at radius 2 is 1.85 bits per heavy atom. The van der Waals surface area contributed by atoms with Crippen molar-refractivity contribution < 1.29 is 14.3 Å². The number of hydrogen-bond donors (Lipinski definition) is 2. The maximum absolute atomic E-state index is 12.4. The van der Waals surface area contributed by atoms with Gasteiger partial charge in [-0.05, 0) is 30.7 Å². The Hall–Kier alpha value is -3.02. The van der Waals surface area contributed by atoms with Gasteiger partial charge in [0.05, 0.1) is 18.8 Å². The maximum Gasteiger partial charge on any atom is 0.262 e. The fourth-order valence-electron chi connectivity index (χ4n) is 2.85. The zero-order chi connectivity index (χ0) is 18.4. The van der Waals surface area contributed by atoms with Gasteiger partial charge < -0.3 is 20.3 Å². The second-order valence-corrected chi connectivity index (χ2v) is 6.16. The minimum atomic E-state index is -0.638. The van der Waals surface area contributed by atoms with Crippen molar-refractivity contribution in [1.29, 1.82) is 0 Å². The number of ether oxygens (including phenoxy) is 1. The van der Waals surface area contributed by atoms with Crippen molar-refractivity contribution in [2.45, 2.75) is 19.4 Å². The molecule has 0 radical (unpaired) electrons. The van der Waals surface area contributed by atoms with Crippen LogP contribution in [0.2, 0.25) is 0 Å². The van der Waals surface area contributed by atoms with Gasteiger partial charge >= 0.3 is 0 Å². The Morgan fingerprint density at radius 3 is 2.62 bits per heavy atom. The normalized spacial score (nSPS) is 15.6. The van der Waals surface area contributed by atoms with Crippen LogP contribution >= 0.6 is 0 Å². The number of anilines is 2. The van der Waals surface area contributed by atoms with E-state index in [2.05, 4.69) is 10.6 Å². The van der Waals surface area contributed by atoms with Gasteiger partial charge in [-0.1, -0.05) is 37.3 Å². The van der Waals surface area contributed by atoms with Gasteiger partial charge in [0.15, 0.2) is 6.10 Å². The molecule has 6 nitrogen and oxygen atoms in total. The van der Waals surface area contributed by atoms with Crippen LogP contribution in [0, 0.1) is 0 Å².